The number of likely N-dealkylation sites (tertiary alicyclic amines) is 1. The Labute approximate surface area is 170 Å². The maximum absolute atomic E-state index is 6.40. The molecular formula is C25H34N2O. The Kier molecular flexibility index (Phi) is 6.88. The molecule has 1 heterocycles. The summed E-state index contributed by atoms with van der Waals surface area (Å²) in [5.74, 6) is 1.72. The smallest absolute Gasteiger partial charge is 0.143 e. The normalized spacial score (nSPS) is 18.7. The lowest BCUT2D eigenvalue weighted by Gasteiger charge is -2.28. The summed E-state index contributed by atoms with van der Waals surface area (Å²) in [5, 5.41) is 3.65. The summed E-state index contributed by atoms with van der Waals surface area (Å²) in [7, 11) is 0. The van der Waals surface area contributed by atoms with Crippen LogP contribution in [0.3, 0.4) is 0 Å². The van der Waals surface area contributed by atoms with E-state index in [1.807, 2.05) is 0 Å². The van der Waals surface area contributed by atoms with Crippen LogP contribution in [0.1, 0.15) is 51.4 Å². The van der Waals surface area contributed by atoms with E-state index in [2.05, 4.69) is 58.7 Å². The highest BCUT2D eigenvalue weighted by Gasteiger charge is 2.16. The lowest BCUT2D eigenvalue weighted by molar-refractivity contribution is 0.209. The monoisotopic (exact) mass is 378 g/mol. The van der Waals surface area contributed by atoms with Crippen LogP contribution < -0.4 is 10.1 Å². The highest BCUT2D eigenvalue weighted by atomic mass is 16.5. The highest BCUT2D eigenvalue weighted by Crippen LogP contribution is 2.33. The minimum atomic E-state index is 0.712. The fraction of sp³-hybridized carbons (Fsp3) is 0.520. The molecule has 4 rings (SSSR count). The quantitative estimate of drug-likeness (QED) is 0.624. The Hall–Kier alpha value is -2.00. The van der Waals surface area contributed by atoms with Crippen molar-refractivity contribution >= 4 is 5.69 Å². The van der Waals surface area contributed by atoms with Crippen LogP contribution in [0.5, 0.6) is 5.75 Å². The van der Waals surface area contributed by atoms with E-state index in [0.29, 0.717) is 5.92 Å². The largest absolute Gasteiger partial charge is 0.491 e. The van der Waals surface area contributed by atoms with Gasteiger partial charge in [-0.15, -0.1) is 0 Å². The summed E-state index contributed by atoms with van der Waals surface area (Å²) >= 11 is 0. The number of ether oxygens (including phenoxy) is 1. The molecule has 3 heteroatoms. The zero-order valence-corrected chi connectivity index (χ0v) is 17.0. The average Bonchev–Trinajstić information content (AvgIpc) is 2.78. The molecule has 150 valence electrons. The third-order valence-electron chi connectivity index (χ3n) is 6.23. The van der Waals surface area contributed by atoms with Gasteiger partial charge in [0.15, 0.2) is 0 Å². The van der Waals surface area contributed by atoms with Gasteiger partial charge in [0, 0.05) is 0 Å². The van der Waals surface area contributed by atoms with Crippen molar-refractivity contribution in [3.05, 3.63) is 48.5 Å². The van der Waals surface area contributed by atoms with E-state index in [-0.39, 0.29) is 0 Å². The van der Waals surface area contributed by atoms with Crippen LogP contribution in [0.4, 0.5) is 5.69 Å². The van der Waals surface area contributed by atoms with Gasteiger partial charge < -0.3 is 10.1 Å². The fourth-order valence-corrected chi connectivity index (χ4v) is 4.47. The molecule has 0 unspecified atom stereocenters. The molecule has 0 bridgehead atoms. The molecule has 1 saturated heterocycles. The second-order valence-corrected chi connectivity index (χ2v) is 8.41. The zero-order chi connectivity index (χ0) is 19.0. The van der Waals surface area contributed by atoms with Gasteiger partial charge in [-0.25, -0.2) is 0 Å². The molecule has 2 aliphatic rings. The topological polar surface area (TPSA) is 24.5 Å². The van der Waals surface area contributed by atoms with E-state index in [4.69, 9.17) is 4.74 Å². The van der Waals surface area contributed by atoms with Crippen molar-refractivity contribution in [2.75, 3.05) is 31.7 Å². The predicted octanol–water partition coefficient (Wildman–Crippen LogP) is 6.17. The van der Waals surface area contributed by atoms with Gasteiger partial charge in [-0.2, -0.15) is 0 Å². The minimum absolute atomic E-state index is 0.712. The second kappa shape index (κ2) is 9.97. The van der Waals surface area contributed by atoms with Gasteiger partial charge in [-0.1, -0.05) is 62.1 Å². The summed E-state index contributed by atoms with van der Waals surface area (Å²) in [6, 6.07) is 17.2. The molecule has 0 amide bonds. The minimum Gasteiger partial charge on any atom is -0.491 e. The van der Waals surface area contributed by atoms with E-state index >= 15 is 0 Å². The standard InChI is InChI=1S/C25H34N2O/c1-4-10-21(11-5-1)19-28-25-18-23(22-12-6-2-7-13-22)14-15-24(25)26-20-27-16-8-3-9-17-27/h2,6-7,12-15,18,21,26H,1,3-5,8-11,16-17,19-20H2. The van der Waals surface area contributed by atoms with Crippen molar-refractivity contribution in [3.63, 3.8) is 0 Å². The van der Waals surface area contributed by atoms with Crippen LogP contribution in [-0.2, 0) is 0 Å². The summed E-state index contributed by atoms with van der Waals surface area (Å²) < 4.78 is 6.40. The molecule has 28 heavy (non-hydrogen) atoms. The molecule has 2 aromatic rings. The Balaban J connectivity index is 1.47. The number of nitrogens with zero attached hydrogens (tertiary/aromatic N) is 1. The van der Waals surface area contributed by atoms with Gasteiger partial charge in [-0.3, -0.25) is 4.90 Å². The van der Waals surface area contributed by atoms with Gasteiger partial charge in [-0.05, 0) is 68.0 Å². The Morgan fingerprint density at radius 1 is 0.821 bits per heavy atom. The number of rotatable bonds is 7. The van der Waals surface area contributed by atoms with Crippen LogP contribution in [0.2, 0.25) is 0 Å². The van der Waals surface area contributed by atoms with E-state index in [9.17, 15) is 0 Å². The lowest BCUT2D eigenvalue weighted by atomic mass is 9.90. The first-order valence-corrected chi connectivity index (χ1v) is 11.2. The van der Waals surface area contributed by atoms with E-state index < -0.39 is 0 Å². The van der Waals surface area contributed by atoms with Crippen LogP contribution >= 0.6 is 0 Å². The maximum Gasteiger partial charge on any atom is 0.143 e. The van der Waals surface area contributed by atoms with Crippen LogP contribution in [0, 0.1) is 5.92 Å². The Morgan fingerprint density at radius 3 is 2.36 bits per heavy atom. The van der Waals surface area contributed by atoms with E-state index in [0.717, 1.165) is 24.7 Å². The van der Waals surface area contributed by atoms with Crippen LogP contribution in [-0.4, -0.2) is 31.3 Å². The van der Waals surface area contributed by atoms with Gasteiger partial charge in [0.2, 0.25) is 0 Å². The first-order valence-electron chi connectivity index (χ1n) is 11.2. The highest BCUT2D eigenvalue weighted by molar-refractivity contribution is 5.70. The van der Waals surface area contributed by atoms with Crippen molar-refractivity contribution in [3.8, 4) is 16.9 Å². The van der Waals surface area contributed by atoms with E-state index in [1.165, 1.54) is 75.6 Å². The molecule has 0 radical (unpaired) electrons. The average molecular weight is 379 g/mol. The summed E-state index contributed by atoms with van der Waals surface area (Å²) in [6.07, 6.45) is 10.8. The molecule has 2 aromatic carbocycles. The number of benzene rings is 2. The molecule has 1 aliphatic heterocycles. The molecule has 1 aliphatic carbocycles. The molecule has 1 saturated carbocycles. The van der Waals surface area contributed by atoms with Crippen LogP contribution in [0.15, 0.2) is 48.5 Å². The summed E-state index contributed by atoms with van der Waals surface area (Å²) in [4.78, 5) is 2.51. The SMILES string of the molecule is c1ccc(-c2ccc(NCN3CCCCC3)c(OCC3CCCCC3)c2)cc1. The summed E-state index contributed by atoms with van der Waals surface area (Å²) in [5.41, 5.74) is 3.59. The summed E-state index contributed by atoms with van der Waals surface area (Å²) in [6.45, 7) is 4.15. The Morgan fingerprint density at radius 2 is 1.57 bits per heavy atom. The van der Waals surface area contributed by atoms with Crippen molar-refractivity contribution < 1.29 is 4.74 Å². The van der Waals surface area contributed by atoms with Crippen molar-refractivity contribution in [1.29, 1.82) is 0 Å². The number of anilines is 1. The van der Waals surface area contributed by atoms with E-state index in [1.54, 1.807) is 0 Å². The van der Waals surface area contributed by atoms with Gasteiger partial charge in [0.25, 0.3) is 0 Å². The maximum atomic E-state index is 6.40. The number of piperidine rings is 1. The zero-order valence-electron chi connectivity index (χ0n) is 17.0. The Bertz CT molecular complexity index is 719. The molecule has 1 N–H and O–H groups in total. The van der Waals surface area contributed by atoms with Crippen molar-refractivity contribution in [1.82, 2.24) is 4.90 Å². The van der Waals surface area contributed by atoms with Crippen LogP contribution in [0.25, 0.3) is 11.1 Å². The molecule has 0 atom stereocenters. The lowest BCUT2D eigenvalue weighted by Crippen LogP contribution is -2.34. The number of nitrogens with one attached hydrogen (secondary N) is 1. The van der Waals surface area contributed by atoms with Gasteiger partial charge in [0.05, 0.1) is 19.0 Å². The number of hydrogen-bond donors (Lipinski definition) is 1. The third kappa shape index (κ3) is 5.29. The van der Waals surface area contributed by atoms with Crippen molar-refractivity contribution in [2.24, 2.45) is 5.92 Å². The molecular weight excluding hydrogens is 344 g/mol. The molecule has 3 nitrogen and oxygen atoms in total. The van der Waals surface area contributed by atoms with Gasteiger partial charge >= 0.3 is 0 Å². The van der Waals surface area contributed by atoms with Crippen molar-refractivity contribution in [2.45, 2.75) is 51.4 Å². The predicted molar refractivity (Wildman–Crippen MR) is 118 cm³/mol. The first-order chi connectivity index (χ1) is 13.9. The fourth-order valence-electron chi connectivity index (χ4n) is 4.47. The number of hydrogen-bond acceptors (Lipinski definition) is 3. The second-order valence-electron chi connectivity index (χ2n) is 8.41. The third-order valence-corrected chi connectivity index (χ3v) is 6.23. The molecule has 0 aromatic heterocycles. The molecule has 2 fully saturated rings. The molecule has 0 spiro atoms. The first kappa shape index (κ1) is 19.3. The van der Waals surface area contributed by atoms with Gasteiger partial charge in [0.1, 0.15) is 5.75 Å².